The highest BCUT2D eigenvalue weighted by Gasteiger charge is 2.26. The minimum Gasteiger partial charge on any atom is -0.478 e. The number of rotatable bonds is 10. The maximum Gasteiger partial charge on any atom is 0.327 e. The van der Waals surface area contributed by atoms with Crippen LogP contribution in [0.15, 0.2) is 37.0 Å². The van der Waals surface area contributed by atoms with Gasteiger partial charge in [0.05, 0.1) is 13.2 Å². The van der Waals surface area contributed by atoms with Crippen molar-refractivity contribution >= 4 is 17.7 Å². The monoisotopic (exact) mass is 296 g/mol. The van der Waals surface area contributed by atoms with Gasteiger partial charge in [-0.1, -0.05) is 24.3 Å². The van der Waals surface area contributed by atoms with Crippen molar-refractivity contribution in [3.63, 3.8) is 0 Å². The molecule has 0 amide bonds. The molecule has 0 aromatic carbocycles. The normalized spacial score (nSPS) is 22.8. The molecule has 1 fully saturated rings. The Kier molecular flexibility index (Phi) is 9.16. The Bertz CT molecular complexity index is 350. The van der Waals surface area contributed by atoms with E-state index >= 15 is 0 Å². The molecule has 0 saturated carbocycles. The Morgan fingerprint density at radius 1 is 1.30 bits per heavy atom. The molecular weight excluding hydrogens is 272 g/mol. The summed E-state index contributed by atoms with van der Waals surface area (Å²) in [4.78, 5) is 10.3. The molecule has 3 nitrogen and oxygen atoms in total. The van der Waals surface area contributed by atoms with Gasteiger partial charge in [0.2, 0.25) is 0 Å². The van der Waals surface area contributed by atoms with E-state index in [0.717, 1.165) is 26.1 Å². The highest BCUT2D eigenvalue weighted by molar-refractivity contribution is 7.99. The molecule has 0 unspecified atom stereocenters. The molecule has 0 bridgehead atoms. The Morgan fingerprint density at radius 3 is 2.85 bits per heavy atom. The molecule has 0 aliphatic carbocycles. The first-order chi connectivity index (χ1) is 9.74. The lowest BCUT2D eigenvalue weighted by Gasteiger charge is -2.17. The zero-order valence-corrected chi connectivity index (χ0v) is 12.7. The summed E-state index contributed by atoms with van der Waals surface area (Å²) in [6, 6.07) is 0. The van der Waals surface area contributed by atoms with E-state index in [0.29, 0.717) is 18.3 Å². The molecule has 1 saturated heterocycles. The molecule has 4 heteroatoms. The first-order valence-electron chi connectivity index (χ1n) is 7.05. The third-order valence-corrected chi connectivity index (χ3v) is 4.59. The maximum absolute atomic E-state index is 10.3. The van der Waals surface area contributed by atoms with Crippen LogP contribution in [0.3, 0.4) is 0 Å². The molecule has 1 aliphatic rings. The SMILES string of the molecule is C=CCCOC[C@@H]1CSC[C@H]1CC=CC/C=C\C(=O)O. The van der Waals surface area contributed by atoms with E-state index in [1.165, 1.54) is 17.6 Å². The summed E-state index contributed by atoms with van der Waals surface area (Å²) in [6.07, 6.45) is 11.6. The van der Waals surface area contributed by atoms with Gasteiger partial charge in [0.15, 0.2) is 0 Å². The van der Waals surface area contributed by atoms with Gasteiger partial charge in [-0.15, -0.1) is 6.58 Å². The van der Waals surface area contributed by atoms with E-state index in [-0.39, 0.29) is 0 Å². The van der Waals surface area contributed by atoms with Crippen molar-refractivity contribution in [1.82, 2.24) is 0 Å². The molecule has 1 heterocycles. The van der Waals surface area contributed by atoms with Crippen LogP contribution in [0, 0.1) is 11.8 Å². The van der Waals surface area contributed by atoms with Crippen molar-refractivity contribution < 1.29 is 14.6 Å². The van der Waals surface area contributed by atoms with Gasteiger partial charge < -0.3 is 9.84 Å². The summed E-state index contributed by atoms with van der Waals surface area (Å²) in [5.41, 5.74) is 0. The van der Waals surface area contributed by atoms with Crippen molar-refractivity contribution in [2.45, 2.75) is 19.3 Å². The lowest BCUT2D eigenvalue weighted by atomic mass is 9.93. The van der Waals surface area contributed by atoms with E-state index in [4.69, 9.17) is 9.84 Å². The number of ether oxygens (including phenoxy) is 1. The molecule has 0 aromatic rings. The number of thioether (sulfide) groups is 1. The maximum atomic E-state index is 10.3. The standard InChI is InChI=1S/C16H24O3S/c1-2-3-10-19-11-15-13-20-12-14(15)8-6-4-5-7-9-16(17)18/h2,4,6-7,9,14-15H,1,3,5,8,10-13H2,(H,17,18)/b6-4?,9-7-/t14-,15-/m1/s1. The van der Waals surface area contributed by atoms with Crippen LogP contribution in [0.25, 0.3) is 0 Å². The number of hydrogen-bond donors (Lipinski definition) is 1. The van der Waals surface area contributed by atoms with Crippen molar-refractivity contribution in [3.8, 4) is 0 Å². The van der Waals surface area contributed by atoms with Gasteiger partial charge in [0, 0.05) is 6.08 Å². The van der Waals surface area contributed by atoms with Gasteiger partial charge in [0.25, 0.3) is 0 Å². The molecular formula is C16H24O3S. The summed E-state index contributed by atoms with van der Waals surface area (Å²) < 4.78 is 5.67. The van der Waals surface area contributed by atoms with Gasteiger partial charge in [-0.25, -0.2) is 4.79 Å². The van der Waals surface area contributed by atoms with Gasteiger partial charge in [-0.3, -0.25) is 0 Å². The van der Waals surface area contributed by atoms with E-state index in [1.54, 1.807) is 6.08 Å². The number of allylic oxidation sites excluding steroid dienone is 3. The summed E-state index contributed by atoms with van der Waals surface area (Å²) in [6.45, 7) is 5.30. The van der Waals surface area contributed by atoms with Gasteiger partial charge in [-0.2, -0.15) is 11.8 Å². The number of aliphatic carboxylic acids is 1. The smallest absolute Gasteiger partial charge is 0.327 e. The van der Waals surface area contributed by atoms with Crippen molar-refractivity contribution in [1.29, 1.82) is 0 Å². The lowest BCUT2D eigenvalue weighted by Crippen LogP contribution is -2.18. The van der Waals surface area contributed by atoms with Gasteiger partial charge >= 0.3 is 5.97 Å². The summed E-state index contributed by atoms with van der Waals surface area (Å²) in [7, 11) is 0. The number of carbonyl (C=O) groups is 1. The summed E-state index contributed by atoms with van der Waals surface area (Å²) in [5, 5.41) is 8.46. The van der Waals surface area contributed by atoms with Crippen LogP contribution in [-0.2, 0) is 9.53 Å². The number of hydrogen-bond acceptors (Lipinski definition) is 3. The van der Waals surface area contributed by atoms with Crippen LogP contribution < -0.4 is 0 Å². The van der Waals surface area contributed by atoms with E-state index < -0.39 is 5.97 Å². The Morgan fingerprint density at radius 2 is 2.10 bits per heavy atom. The summed E-state index contributed by atoms with van der Waals surface area (Å²) in [5.74, 6) is 2.82. The minimum absolute atomic E-state index is 0.643. The topological polar surface area (TPSA) is 46.5 Å². The highest BCUT2D eigenvalue weighted by atomic mass is 32.2. The average molecular weight is 296 g/mol. The van der Waals surface area contributed by atoms with Crippen molar-refractivity contribution in [2.75, 3.05) is 24.7 Å². The first kappa shape index (κ1) is 17.1. The average Bonchev–Trinajstić information content (AvgIpc) is 2.86. The molecule has 112 valence electrons. The van der Waals surface area contributed by atoms with Crippen LogP contribution in [-0.4, -0.2) is 35.8 Å². The Labute approximate surface area is 125 Å². The fraction of sp³-hybridized carbons (Fsp3) is 0.562. The van der Waals surface area contributed by atoms with Crippen LogP contribution in [0.4, 0.5) is 0 Å². The van der Waals surface area contributed by atoms with Gasteiger partial charge in [0.1, 0.15) is 0 Å². The van der Waals surface area contributed by atoms with Crippen LogP contribution >= 0.6 is 11.8 Å². The third-order valence-electron chi connectivity index (χ3n) is 3.27. The number of carboxylic acids is 1. The predicted octanol–water partition coefficient (Wildman–Crippen LogP) is 3.54. The fourth-order valence-electron chi connectivity index (χ4n) is 2.10. The van der Waals surface area contributed by atoms with E-state index in [2.05, 4.69) is 12.7 Å². The van der Waals surface area contributed by atoms with Crippen LogP contribution in [0.2, 0.25) is 0 Å². The minimum atomic E-state index is -0.887. The van der Waals surface area contributed by atoms with Crippen molar-refractivity contribution in [3.05, 3.63) is 37.0 Å². The molecule has 1 aliphatic heterocycles. The largest absolute Gasteiger partial charge is 0.478 e. The Balaban J connectivity index is 2.19. The zero-order chi connectivity index (χ0) is 14.6. The predicted molar refractivity (Wildman–Crippen MR) is 85.1 cm³/mol. The second kappa shape index (κ2) is 10.7. The third kappa shape index (κ3) is 7.56. The van der Waals surface area contributed by atoms with Crippen molar-refractivity contribution in [2.24, 2.45) is 11.8 Å². The van der Waals surface area contributed by atoms with Crippen LogP contribution in [0.5, 0.6) is 0 Å². The molecule has 0 spiro atoms. The Hall–Kier alpha value is -1.00. The van der Waals surface area contributed by atoms with E-state index in [1.807, 2.05) is 23.9 Å². The zero-order valence-electron chi connectivity index (χ0n) is 11.9. The quantitative estimate of drug-likeness (QED) is 0.380. The molecule has 20 heavy (non-hydrogen) atoms. The number of carboxylic acid groups (broad SMARTS) is 1. The second-order valence-electron chi connectivity index (χ2n) is 4.89. The molecule has 0 radical (unpaired) electrons. The molecule has 1 N–H and O–H groups in total. The highest BCUT2D eigenvalue weighted by Crippen LogP contribution is 2.32. The first-order valence-corrected chi connectivity index (χ1v) is 8.20. The van der Waals surface area contributed by atoms with Gasteiger partial charge in [-0.05, 0) is 42.6 Å². The van der Waals surface area contributed by atoms with E-state index in [9.17, 15) is 4.79 Å². The summed E-state index contributed by atoms with van der Waals surface area (Å²) >= 11 is 2.00. The fourth-order valence-corrected chi connectivity index (χ4v) is 3.62. The molecule has 1 rings (SSSR count). The molecule has 2 atom stereocenters. The second-order valence-corrected chi connectivity index (χ2v) is 5.97. The van der Waals surface area contributed by atoms with Crippen LogP contribution in [0.1, 0.15) is 19.3 Å². The lowest BCUT2D eigenvalue weighted by molar-refractivity contribution is -0.131. The molecule has 0 aromatic heterocycles.